The summed E-state index contributed by atoms with van der Waals surface area (Å²) >= 11 is 5.80. The van der Waals surface area contributed by atoms with Crippen molar-refractivity contribution in [3.05, 3.63) is 47.0 Å². The van der Waals surface area contributed by atoms with Crippen LogP contribution in [0.5, 0.6) is 11.5 Å². The summed E-state index contributed by atoms with van der Waals surface area (Å²) in [6, 6.07) is 9.11. The highest BCUT2D eigenvalue weighted by Crippen LogP contribution is 2.26. The lowest BCUT2D eigenvalue weighted by atomic mass is 10.1. The summed E-state index contributed by atoms with van der Waals surface area (Å²) < 4.78 is 5.02. The summed E-state index contributed by atoms with van der Waals surface area (Å²) in [6.07, 6.45) is 0. The minimum atomic E-state index is -0.498. The van der Waals surface area contributed by atoms with Gasteiger partial charge in [-0.3, -0.25) is 4.79 Å². The molecule has 0 aliphatic carbocycles. The van der Waals surface area contributed by atoms with Crippen LogP contribution in [-0.2, 0) is 0 Å². The number of aromatic hydroxyl groups is 1. The van der Waals surface area contributed by atoms with Crippen LogP contribution in [0.2, 0.25) is 5.02 Å². The second-order valence-electron chi connectivity index (χ2n) is 4.07. The smallest absolute Gasteiger partial charge is 0.259 e. The number of rotatable bonds is 3. The van der Waals surface area contributed by atoms with Crippen molar-refractivity contribution in [1.82, 2.24) is 0 Å². The number of nitrogen functional groups attached to an aromatic ring is 1. The molecule has 0 radical (unpaired) electrons. The number of phenolic OH excluding ortho intramolecular Hbond substituents is 1. The topological polar surface area (TPSA) is 84.6 Å². The number of halogens is 1. The molecule has 0 saturated carbocycles. The first-order chi connectivity index (χ1) is 9.51. The molecule has 0 unspecified atom stereocenters. The van der Waals surface area contributed by atoms with E-state index in [1.54, 1.807) is 18.2 Å². The quantitative estimate of drug-likeness (QED) is 0.759. The van der Waals surface area contributed by atoms with Gasteiger partial charge in [0.05, 0.1) is 24.0 Å². The van der Waals surface area contributed by atoms with Gasteiger partial charge >= 0.3 is 0 Å². The highest BCUT2D eigenvalue weighted by Gasteiger charge is 2.13. The Bertz CT molecular complexity index is 659. The van der Waals surface area contributed by atoms with Gasteiger partial charge in [0.15, 0.2) is 0 Å². The minimum Gasteiger partial charge on any atom is -0.507 e. The first-order valence-corrected chi connectivity index (χ1v) is 6.12. The van der Waals surface area contributed by atoms with E-state index < -0.39 is 5.91 Å². The van der Waals surface area contributed by atoms with Crippen LogP contribution in [0.15, 0.2) is 36.4 Å². The van der Waals surface area contributed by atoms with Crippen LogP contribution in [0.25, 0.3) is 0 Å². The Labute approximate surface area is 120 Å². The lowest BCUT2D eigenvalue weighted by molar-refractivity contribution is 0.102. The number of hydrogen-bond donors (Lipinski definition) is 3. The zero-order valence-electron chi connectivity index (χ0n) is 10.7. The van der Waals surface area contributed by atoms with E-state index in [-0.39, 0.29) is 11.3 Å². The maximum absolute atomic E-state index is 12.1. The fourth-order valence-corrected chi connectivity index (χ4v) is 1.83. The van der Waals surface area contributed by atoms with Gasteiger partial charge in [-0.1, -0.05) is 11.6 Å². The van der Waals surface area contributed by atoms with E-state index in [0.29, 0.717) is 22.1 Å². The van der Waals surface area contributed by atoms with E-state index >= 15 is 0 Å². The van der Waals surface area contributed by atoms with Gasteiger partial charge in [0, 0.05) is 11.1 Å². The number of methoxy groups -OCH3 is 1. The Hall–Kier alpha value is -2.40. The van der Waals surface area contributed by atoms with Crippen LogP contribution in [0.4, 0.5) is 11.4 Å². The normalized spacial score (nSPS) is 10.1. The van der Waals surface area contributed by atoms with Crippen molar-refractivity contribution in [3.8, 4) is 11.5 Å². The van der Waals surface area contributed by atoms with Crippen LogP contribution in [0, 0.1) is 0 Å². The molecule has 0 saturated heterocycles. The van der Waals surface area contributed by atoms with Gasteiger partial charge in [-0.15, -0.1) is 0 Å². The lowest BCUT2D eigenvalue weighted by Gasteiger charge is -2.10. The number of phenols is 1. The van der Waals surface area contributed by atoms with Crippen molar-refractivity contribution in [2.45, 2.75) is 0 Å². The van der Waals surface area contributed by atoms with Crippen molar-refractivity contribution < 1.29 is 14.6 Å². The van der Waals surface area contributed by atoms with Crippen molar-refractivity contribution in [1.29, 1.82) is 0 Å². The molecular formula is C14H13ClN2O3. The zero-order chi connectivity index (χ0) is 14.7. The number of nitrogens with two attached hydrogens (primary N) is 1. The number of benzene rings is 2. The monoisotopic (exact) mass is 292 g/mol. The van der Waals surface area contributed by atoms with E-state index in [4.69, 9.17) is 22.1 Å². The van der Waals surface area contributed by atoms with E-state index in [9.17, 15) is 9.90 Å². The van der Waals surface area contributed by atoms with E-state index in [1.165, 1.54) is 25.3 Å². The fourth-order valence-electron chi connectivity index (χ4n) is 1.66. The number of carbonyl (C=O) groups excluding carboxylic acids is 1. The molecule has 0 atom stereocenters. The first kappa shape index (κ1) is 14.0. The summed E-state index contributed by atoms with van der Waals surface area (Å²) in [5, 5.41) is 12.6. The molecule has 104 valence electrons. The Balaban J connectivity index is 2.25. The number of nitrogens with one attached hydrogen (secondary N) is 1. The van der Waals surface area contributed by atoms with Crippen LogP contribution in [0.1, 0.15) is 10.4 Å². The molecule has 0 fully saturated rings. The van der Waals surface area contributed by atoms with Crippen LogP contribution >= 0.6 is 11.6 Å². The van der Waals surface area contributed by atoms with Gasteiger partial charge in [-0.25, -0.2) is 0 Å². The predicted octanol–water partition coefficient (Wildman–Crippen LogP) is 2.89. The Morgan fingerprint density at radius 3 is 2.70 bits per heavy atom. The molecule has 0 bridgehead atoms. The van der Waals surface area contributed by atoms with Gasteiger partial charge in [0.2, 0.25) is 0 Å². The zero-order valence-corrected chi connectivity index (χ0v) is 11.4. The predicted molar refractivity (Wildman–Crippen MR) is 78.5 cm³/mol. The summed E-state index contributed by atoms with van der Waals surface area (Å²) in [5.41, 5.74) is 6.67. The van der Waals surface area contributed by atoms with Crippen molar-refractivity contribution in [2.24, 2.45) is 0 Å². The molecule has 1 amide bonds. The third-order valence-electron chi connectivity index (χ3n) is 2.71. The molecule has 2 rings (SSSR count). The third kappa shape index (κ3) is 2.95. The summed E-state index contributed by atoms with van der Waals surface area (Å²) in [5.74, 6) is -0.0630. The number of hydrogen-bond acceptors (Lipinski definition) is 4. The number of anilines is 2. The summed E-state index contributed by atoms with van der Waals surface area (Å²) in [7, 11) is 1.52. The average Bonchev–Trinajstić information content (AvgIpc) is 2.43. The maximum Gasteiger partial charge on any atom is 0.259 e. The highest BCUT2D eigenvalue weighted by molar-refractivity contribution is 6.31. The molecule has 0 aliphatic heterocycles. The van der Waals surface area contributed by atoms with Crippen molar-refractivity contribution >= 4 is 28.9 Å². The maximum atomic E-state index is 12.1. The Morgan fingerprint density at radius 1 is 1.30 bits per heavy atom. The second-order valence-corrected chi connectivity index (χ2v) is 4.51. The fraction of sp³-hybridized carbons (Fsp3) is 0.0714. The van der Waals surface area contributed by atoms with Gasteiger partial charge in [-0.2, -0.15) is 0 Å². The third-order valence-corrected chi connectivity index (χ3v) is 2.95. The molecule has 6 heteroatoms. The number of carbonyl (C=O) groups is 1. The van der Waals surface area contributed by atoms with E-state index in [2.05, 4.69) is 5.32 Å². The number of amides is 1. The molecular weight excluding hydrogens is 280 g/mol. The van der Waals surface area contributed by atoms with Gasteiger partial charge < -0.3 is 20.9 Å². The van der Waals surface area contributed by atoms with Gasteiger partial charge in [0.25, 0.3) is 5.91 Å². The first-order valence-electron chi connectivity index (χ1n) is 5.74. The molecule has 2 aromatic carbocycles. The van der Waals surface area contributed by atoms with Crippen molar-refractivity contribution in [3.63, 3.8) is 0 Å². The lowest BCUT2D eigenvalue weighted by Crippen LogP contribution is -2.13. The second kappa shape index (κ2) is 5.71. The highest BCUT2D eigenvalue weighted by atomic mass is 35.5. The molecule has 0 aliphatic rings. The average molecular weight is 293 g/mol. The molecule has 4 N–H and O–H groups in total. The molecule has 5 nitrogen and oxygen atoms in total. The number of ether oxygens (including phenoxy) is 1. The molecule has 0 heterocycles. The van der Waals surface area contributed by atoms with Gasteiger partial charge in [0.1, 0.15) is 11.5 Å². The molecule has 2 aromatic rings. The summed E-state index contributed by atoms with van der Waals surface area (Å²) in [4.78, 5) is 12.1. The Morgan fingerprint density at radius 2 is 2.05 bits per heavy atom. The molecule has 20 heavy (non-hydrogen) atoms. The summed E-state index contributed by atoms with van der Waals surface area (Å²) in [6.45, 7) is 0. The molecule has 0 aromatic heterocycles. The largest absolute Gasteiger partial charge is 0.507 e. The van der Waals surface area contributed by atoms with Crippen molar-refractivity contribution in [2.75, 3.05) is 18.2 Å². The van der Waals surface area contributed by atoms with E-state index in [1.807, 2.05) is 0 Å². The molecule has 0 spiro atoms. The minimum absolute atomic E-state index is 0.0766. The van der Waals surface area contributed by atoms with E-state index in [0.717, 1.165) is 0 Å². The Kier molecular flexibility index (Phi) is 4.00. The SMILES string of the molecule is COc1ccc(NC(=O)c2cc(Cl)ccc2O)c(N)c1. The van der Waals surface area contributed by atoms with Crippen LogP contribution in [0.3, 0.4) is 0 Å². The van der Waals surface area contributed by atoms with Crippen LogP contribution < -0.4 is 15.8 Å². The van der Waals surface area contributed by atoms with Gasteiger partial charge in [-0.05, 0) is 30.3 Å². The standard InChI is InChI=1S/C14H13ClN2O3/c1-20-9-3-4-12(11(16)7-9)17-14(19)10-6-8(15)2-5-13(10)18/h2-7,18H,16H2,1H3,(H,17,19). The van der Waals surface area contributed by atoms with Crippen LogP contribution in [-0.4, -0.2) is 18.1 Å².